The van der Waals surface area contributed by atoms with E-state index in [1.807, 2.05) is 12.1 Å². The van der Waals surface area contributed by atoms with E-state index >= 15 is 0 Å². The summed E-state index contributed by atoms with van der Waals surface area (Å²) in [5.74, 6) is 1.93. The van der Waals surface area contributed by atoms with Crippen molar-refractivity contribution in [1.82, 2.24) is 10.2 Å². The molecule has 0 bridgehead atoms. The molecule has 0 saturated carbocycles. The Morgan fingerprint density at radius 2 is 1.96 bits per heavy atom. The number of nitrogens with zero attached hydrogens (tertiary/aromatic N) is 1. The molecule has 1 N–H and O–H groups in total. The van der Waals surface area contributed by atoms with Crippen molar-refractivity contribution in [3.63, 3.8) is 0 Å². The molecule has 0 aromatic heterocycles. The van der Waals surface area contributed by atoms with E-state index in [1.54, 1.807) is 7.11 Å². The third kappa shape index (κ3) is 4.08. The van der Waals surface area contributed by atoms with Crippen LogP contribution >= 0.6 is 0 Å². The highest BCUT2D eigenvalue weighted by Gasteiger charge is 2.15. The zero-order chi connectivity index (χ0) is 16.9. The van der Waals surface area contributed by atoms with E-state index in [4.69, 9.17) is 9.47 Å². The fraction of sp³-hybridized carbons (Fsp3) is 0.400. The fourth-order valence-electron chi connectivity index (χ4n) is 3.08. The maximum Gasteiger partial charge on any atom is 0.122 e. The smallest absolute Gasteiger partial charge is 0.122 e. The molecule has 3 rings (SSSR count). The quantitative estimate of drug-likeness (QED) is 0.848. The summed E-state index contributed by atoms with van der Waals surface area (Å²) < 4.78 is 10.8. The van der Waals surface area contributed by atoms with Crippen LogP contribution in [0.1, 0.15) is 22.7 Å². The van der Waals surface area contributed by atoms with Gasteiger partial charge < -0.3 is 19.7 Å². The number of rotatable bonds is 7. The van der Waals surface area contributed by atoms with E-state index in [0.717, 1.165) is 37.6 Å². The van der Waals surface area contributed by atoms with Gasteiger partial charge in [0.1, 0.15) is 11.5 Å². The molecule has 0 saturated heterocycles. The molecular weight excluding hydrogens is 300 g/mol. The van der Waals surface area contributed by atoms with Crippen LogP contribution in [0.25, 0.3) is 0 Å². The molecule has 2 aromatic carbocycles. The lowest BCUT2D eigenvalue weighted by Crippen LogP contribution is -2.30. The Morgan fingerprint density at radius 3 is 2.67 bits per heavy atom. The van der Waals surface area contributed by atoms with Crippen molar-refractivity contribution in [1.29, 1.82) is 0 Å². The third-order valence-corrected chi connectivity index (χ3v) is 4.37. The molecule has 0 aliphatic carbocycles. The van der Waals surface area contributed by atoms with Crippen LogP contribution in [0.15, 0.2) is 42.5 Å². The SMILES string of the molecule is COc1ccc(C(CN(C)C)NCc2ccc3c(c2)CCO3)cc1. The van der Waals surface area contributed by atoms with Crippen molar-refractivity contribution in [3.8, 4) is 11.5 Å². The van der Waals surface area contributed by atoms with E-state index < -0.39 is 0 Å². The van der Waals surface area contributed by atoms with Gasteiger partial charge in [-0.05, 0) is 49.0 Å². The minimum Gasteiger partial charge on any atom is -0.497 e. The minimum absolute atomic E-state index is 0.274. The summed E-state index contributed by atoms with van der Waals surface area (Å²) in [5.41, 5.74) is 3.90. The topological polar surface area (TPSA) is 33.7 Å². The molecule has 24 heavy (non-hydrogen) atoms. The van der Waals surface area contributed by atoms with Gasteiger partial charge in [-0.25, -0.2) is 0 Å². The first-order valence-corrected chi connectivity index (χ1v) is 8.42. The zero-order valence-electron chi connectivity index (χ0n) is 14.7. The molecule has 4 nitrogen and oxygen atoms in total. The summed E-state index contributed by atoms with van der Waals surface area (Å²) in [6.07, 6.45) is 1.02. The highest BCUT2D eigenvalue weighted by atomic mass is 16.5. The van der Waals surface area contributed by atoms with Crippen LogP contribution < -0.4 is 14.8 Å². The maximum absolute atomic E-state index is 5.58. The van der Waals surface area contributed by atoms with E-state index in [1.165, 1.54) is 16.7 Å². The molecule has 0 spiro atoms. The summed E-state index contributed by atoms with van der Waals surface area (Å²) in [7, 11) is 5.90. The zero-order valence-corrected chi connectivity index (χ0v) is 14.7. The van der Waals surface area contributed by atoms with Gasteiger partial charge in [0.25, 0.3) is 0 Å². The van der Waals surface area contributed by atoms with Gasteiger partial charge in [-0.3, -0.25) is 0 Å². The van der Waals surface area contributed by atoms with Crippen molar-refractivity contribution >= 4 is 0 Å². The highest BCUT2D eigenvalue weighted by molar-refractivity contribution is 5.40. The normalized spacial score (nSPS) is 14.3. The lowest BCUT2D eigenvalue weighted by molar-refractivity contribution is 0.340. The lowest BCUT2D eigenvalue weighted by atomic mass is 10.0. The number of benzene rings is 2. The first-order valence-electron chi connectivity index (χ1n) is 8.42. The number of likely N-dealkylation sites (N-methyl/N-ethyl adjacent to an activating group) is 1. The Kier molecular flexibility index (Phi) is 5.38. The van der Waals surface area contributed by atoms with Gasteiger partial charge in [-0.15, -0.1) is 0 Å². The highest BCUT2D eigenvalue weighted by Crippen LogP contribution is 2.26. The van der Waals surface area contributed by atoms with Crippen LogP contribution in [0.2, 0.25) is 0 Å². The number of methoxy groups -OCH3 is 1. The molecule has 1 aliphatic heterocycles. The molecule has 1 heterocycles. The number of ether oxygens (including phenoxy) is 2. The Labute approximate surface area is 144 Å². The minimum atomic E-state index is 0.274. The van der Waals surface area contributed by atoms with Crippen LogP contribution in [0.3, 0.4) is 0 Å². The Bertz CT molecular complexity index is 668. The van der Waals surface area contributed by atoms with Gasteiger partial charge in [-0.2, -0.15) is 0 Å². The van der Waals surface area contributed by atoms with Crippen molar-refractivity contribution in [2.24, 2.45) is 0 Å². The van der Waals surface area contributed by atoms with Crippen LogP contribution in [-0.4, -0.2) is 39.3 Å². The summed E-state index contributed by atoms with van der Waals surface area (Å²) in [6.45, 7) is 2.60. The largest absolute Gasteiger partial charge is 0.497 e. The first kappa shape index (κ1) is 16.8. The molecule has 1 aliphatic rings. The van der Waals surface area contributed by atoms with Gasteiger partial charge in [0, 0.05) is 25.6 Å². The van der Waals surface area contributed by atoms with Crippen molar-refractivity contribution in [3.05, 3.63) is 59.2 Å². The van der Waals surface area contributed by atoms with Crippen molar-refractivity contribution in [2.45, 2.75) is 19.0 Å². The molecule has 1 unspecified atom stereocenters. The maximum atomic E-state index is 5.58. The Morgan fingerprint density at radius 1 is 1.17 bits per heavy atom. The molecule has 2 aromatic rings. The van der Waals surface area contributed by atoms with Crippen molar-refractivity contribution in [2.75, 3.05) is 34.4 Å². The van der Waals surface area contributed by atoms with Crippen LogP contribution in [0.5, 0.6) is 11.5 Å². The van der Waals surface area contributed by atoms with Crippen molar-refractivity contribution < 1.29 is 9.47 Å². The van der Waals surface area contributed by atoms with Crippen LogP contribution in [0, 0.1) is 0 Å². The fourth-order valence-corrected chi connectivity index (χ4v) is 3.08. The average Bonchev–Trinajstić information content (AvgIpc) is 3.06. The van der Waals surface area contributed by atoms with Gasteiger partial charge in [0.05, 0.1) is 13.7 Å². The molecule has 128 valence electrons. The second-order valence-corrected chi connectivity index (χ2v) is 6.51. The molecule has 1 atom stereocenters. The molecule has 4 heteroatoms. The number of hydrogen-bond acceptors (Lipinski definition) is 4. The molecule has 0 radical (unpaired) electrons. The second kappa shape index (κ2) is 7.69. The van der Waals surface area contributed by atoms with Gasteiger partial charge in [-0.1, -0.05) is 24.3 Å². The number of fused-ring (bicyclic) bond motifs is 1. The average molecular weight is 326 g/mol. The monoisotopic (exact) mass is 326 g/mol. The first-order chi connectivity index (χ1) is 11.7. The van der Waals surface area contributed by atoms with Gasteiger partial charge >= 0.3 is 0 Å². The number of hydrogen-bond donors (Lipinski definition) is 1. The summed E-state index contributed by atoms with van der Waals surface area (Å²) >= 11 is 0. The van der Waals surface area contributed by atoms with Gasteiger partial charge in [0.15, 0.2) is 0 Å². The predicted octanol–water partition coefficient (Wildman–Crippen LogP) is 3.02. The van der Waals surface area contributed by atoms with E-state index in [-0.39, 0.29) is 6.04 Å². The summed E-state index contributed by atoms with van der Waals surface area (Å²) in [5, 5.41) is 3.69. The molecular formula is C20H26N2O2. The lowest BCUT2D eigenvalue weighted by Gasteiger charge is -2.23. The standard InChI is InChI=1S/C20H26N2O2/c1-22(2)14-19(16-5-7-18(23-3)8-6-16)21-13-15-4-9-20-17(12-15)10-11-24-20/h4-9,12,19,21H,10-11,13-14H2,1-3H3. The predicted molar refractivity (Wildman–Crippen MR) is 96.8 cm³/mol. The van der Waals surface area contributed by atoms with E-state index in [2.05, 4.69) is 54.6 Å². The number of nitrogens with one attached hydrogen (secondary N) is 1. The Hall–Kier alpha value is -2.04. The third-order valence-electron chi connectivity index (χ3n) is 4.37. The summed E-state index contributed by atoms with van der Waals surface area (Å²) in [4.78, 5) is 2.21. The van der Waals surface area contributed by atoms with Gasteiger partial charge in [0.2, 0.25) is 0 Å². The molecule has 0 fully saturated rings. The Balaban J connectivity index is 1.69. The van der Waals surface area contributed by atoms with Crippen LogP contribution in [0.4, 0.5) is 0 Å². The van der Waals surface area contributed by atoms with E-state index in [0.29, 0.717) is 0 Å². The van der Waals surface area contributed by atoms with E-state index in [9.17, 15) is 0 Å². The second-order valence-electron chi connectivity index (χ2n) is 6.51. The van der Waals surface area contributed by atoms with Crippen LogP contribution in [-0.2, 0) is 13.0 Å². The molecule has 0 amide bonds. The summed E-state index contributed by atoms with van der Waals surface area (Å²) in [6, 6.07) is 15.1.